The highest BCUT2D eigenvalue weighted by molar-refractivity contribution is 7.99. The average molecular weight is 295 g/mol. The minimum Gasteiger partial charge on any atom is -0.310 e. The Kier molecular flexibility index (Phi) is 4.03. The normalized spacial score (nSPS) is 14.9. The number of aromatic nitrogens is 2. The molecule has 2 aromatic rings. The Morgan fingerprint density at radius 1 is 1.30 bits per heavy atom. The van der Waals surface area contributed by atoms with E-state index < -0.39 is 5.76 Å². The van der Waals surface area contributed by atoms with E-state index in [1.807, 2.05) is 18.3 Å². The lowest BCUT2D eigenvalue weighted by Gasteiger charge is -2.06. The van der Waals surface area contributed by atoms with Gasteiger partial charge in [-0.2, -0.15) is 13.9 Å². The van der Waals surface area contributed by atoms with E-state index in [0.717, 1.165) is 23.4 Å². The summed E-state index contributed by atoms with van der Waals surface area (Å²) in [6.07, 6.45) is 4.30. The summed E-state index contributed by atoms with van der Waals surface area (Å²) in [5.41, 5.74) is 3.02. The highest BCUT2D eigenvalue weighted by atomic mass is 32.2. The van der Waals surface area contributed by atoms with Crippen LogP contribution >= 0.6 is 11.8 Å². The van der Waals surface area contributed by atoms with Gasteiger partial charge < -0.3 is 5.32 Å². The zero-order valence-electron chi connectivity index (χ0n) is 10.8. The Bertz CT molecular complexity index is 564. The summed E-state index contributed by atoms with van der Waals surface area (Å²) in [4.78, 5) is 0.570. The lowest BCUT2D eigenvalue weighted by atomic mass is 10.1. The first-order valence-corrected chi connectivity index (χ1v) is 7.41. The molecule has 1 fully saturated rings. The SMILES string of the molecule is FC(F)Sc1ccc(-c2[nH]ncc2CNC2CC2)cc1. The van der Waals surface area contributed by atoms with Crippen LogP contribution in [-0.2, 0) is 6.54 Å². The molecule has 0 saturated heterocycles. The van der Waals surface area contributed by atoms with Crippen molar-refractivity contribution in [1.82, 2.24) is 15.5 Å². The number of nitrogens with zero attached hydrogens (tertiary/aromatic N) is 1. The molecule has 1 saturated carbocycles. The van der Waals surface area contributed by atoms with E-state index in [1.165, 1.54) is 12.8 Å². The Morgan fingerprint density at radius 2 is 2.05 bits per heavy atom. The molecule has 0 bridgehead atoms. The van der Waals surface area contributed by atoms with E-state index in [2.05, 4.69) is 15.5 Å². The molecule has 1 aromatic carbocycles. The maximum absolute atomic E-state index is 12.3. The summed E-state index contributed by atoms with van der Waals surface area (Å²) in [6, 6.07) is 7.76. The Morgan fingerprint density at radius 3 is 2.70 bits per heavy atom. The van der Waals surface area contributed by atoms with Crippen molar-refractivity contribution in [2.45, 2.75) is 36.1 Å². The third-order valence-electron chi connectivity index (χ3n) is 3.24. The predicted molar refractivity (Wildman–Crippen MR) is 75.7 cm³/mol. The van der Waals surface area contributed by atoms with Crippen molar-refractivity contribution in [1.29, 1.82) is 0 Å². The lowest BCUT2D eigenvalue weighted by molar-refractivity contribution is 0.252. The van der Waals surface area contributed by atoms with Crippen LogP contribution in [0.3, 0.4) is 0 Å². The number of H-pyrrole nitrogens is 1. The Balaban J connectivity index is 1.72. The second kappa shape index (κ2) is 5.93. The molecule has 1 heterocycles. The van der Waals surface area contributed by atoms with Crippen LogP contribution in [0.15, 0.2) is 35.4 Å². The van der Waals surface area contributed by atoms with Crippen LogP contribution in [0.4, 0.5) is 8.78 Å². The van der Waals surface area contributed by atoms with Crippen LogP contribution in [0, 0.1) is 0 Å². The molecule has 0 amide bonds. The van der Waals surface area contributed by atoms with Gasteiger partial charge in [-0.15, -0.1) is 0 Å². The number of hydrogen-bond acceptors (Lipinski definition) is 3. The molecule has 3 rings (SSSR count). The van der Waals surface area contributed by atoms with Crippen molar-refractivity contribution in [2.75, 3.05) is 0 Å². The van der Waals surface area contributed by atoms with Gasteiger partial charge in [0.1, 0.15) is 0 Å². The molecule has 0 radical (unpaired) electrons. The van der Waals surface area contributed by atoms with Gasteiger partial charge >= 0.3 is 0 Å². The number of rotatable bonds is 6. The Labute approximate surface area is 120 Å². The third kappa shape index (κ3) is 3.37. The minimum absolute atomic E-state index is 0.560. The average Bonchev–Trinajstić information content (AvgIpc) is 3.14. The van der Waals surface area contributed by atoms with Crippen LogP contribution in [0.1, 0.15) is 18.4 Å². The molecule has 6 heteroatoms. The topological polar surface area (TPSA) is 40.7 Å². The van der Waals surface area contributed by atoms with E-state index in [1.54, 1.807) is 12.1 Å². The van der Waals surface area contributed by atoms with Crippen molar-refractivity contribution in [3.63, 3.8) is 0 Å². The molecule has 0 unspecified atom stereocenters. The summed E-state index contributed by atoms with van der Waals surface area (Å²) in [5, 5.41) is 10.5. The van der Waals surface area contributed by atoms with Crippen molar-refractivity contribution >= 4 is 11.8 Å². The molecule has 0 aliphatic heterocycles. The molecule has 1 aliphatic rings. The first-order valence-electron chi connectivity index (χ1n) is 6.53. The molecular weight excluding hydrogens is 280 g/mol. The molecule has 0 atom stereocenters. The molecule has 0 spiro atoms. The number of benzene rings is 1. The van der Waals surface area contributed by atoms with E-state index in [0.29, 0.717) is 22.7 Å². The van der Waals surface area contributed by atoms with E-state index in [-0.39, 0.29) is 0 Å². The summed E-state index contributed by atoms with van der Waals surface area (Å²) in [5.74, 6) is -2.38. The maximum Gasteiger partial charge on any atom is 0.288 e. The van der Waals surface area contributed by atoms with Crippen molar-refractivity contribution in [3.05, 3.63) is 36.0 Å². The predicted octanol–water partition coefficient (Wildman–Crippen LogP) is 3.64. The van der Waals surface area contributed by atoms with Gasteiger partial charge in [-0.3, -0.25) is 5.10 Å². The molecule has 3 nitrogen and oxygen atoms in total. The number of hydrogen-bond donors (Lipinski definition) is 2. The van der Waals surface area contributed by atoms with Crippen molar-refractivity contribution < 1.29 is 8.78 Å². The summed E-state index contributed by atoms with van der Waals surface area (Å²) < 4.78 is 24.6. The summed E-state index contributed by atoms with van der Waals surface area (Å²) in [6.45, 7) is 0.782. The van der Waals surface area contributed by atoms with Crippen LogP contribution in [0.5, 0.6) is 0 Å². The van der Waals surface area contributed by atoms with Crippen LogP contribution in [0.2, 0.25) is 0 Å². The first-order chi connectivity index (χ1) is 9.72. The second-order valence-electron chi connectivity index (χ2n) is 4.83. The number of aromatic amines is 1. The molecule has 1 aromatic heterocycles. The van der Waals surface area contributed by atoms with Gasteiger partial charge in [-0.25, -0.2) is 0 Å². The van der Waals surface area contributed by atoms with Gasteiger partial charge in [-0.1, -0.05) is 23.9 Å². The standard InChI is InChI=1S/C14H15F2N3S/c15-14(16)20-12-5-1-9(2-6-12)13-10(8-18-19-13)7-17-11-3-4-11/h1-2,5-6,8,11,14,17H,3-4,7H2,(H,18,19). The number of thioether (sulfide) groups is 1. The number of nitrogens with one attached hydrogen (secondary N) is 2. The van der Waals surface area contributed by atoms with Gasteiger partial charge in [0, 0.05) is 23.0 Å². The highest BCUT2D eigenvalue weighted by Gasteiger charge is 2.21. The Hall–Kier alpha value is -1.40. The molecule has 20 heavy (non-hydrogen) atoms. The molecular formula is C14H15F2N3S. The second-order valence-corrected chi connectivity index (χ2v) is 5.89. The quantitative estimate of drug-likeness (QED) is 0.799. The van der Waals surface area contributed by atoms with E-state index in [4.69, 9.17) is 0 Å². The van der Waals surface area contributed by atoms with Crippen molar-refractivity contribution in [3.8, 4) is 11.3 Å². The molecule has 1 aliphatic carbocycles. The van der Waals surface area contributed by atoms with Gasteiger partial charge in [-0.05, 0) is 30.5 Å². The molecule has 106 valence electrons. The molecule has 2 N–H and O–H groups in total. The number of alkyl halides is 2. The fourth-order valence-corrected chi connectivity index (χ4v) is 2.54. The van der Waals surface area contributed by atoms with Crippen LogP contribution in [-0.4, -0.2) is 22.0 Å². The third-order valence-corrected chi connectivity index (χ3v) is 3.97. The minimum atomic E-state index is -2.38. The zero-order chi connectivity index (χ0) is 13.9. The van der Waals surface area contributed by atoms with Crippen LogP contribution in [0.25, 0.3) is 11.3 Å². The fraction of sp³-hybridized carbons (Fsp3) is 0.357. The number of halogens is 2. The van der Waals surface area contributed by atoms with E-state index in [9.17, 15) is 8.78 Å². The van der Waals surface area contributed by atoms with Crippen molar-refractivity contribution in [2.24, 2.45) is 0 Å². The largest absolute Gasteiger partial charge is 0.310 e. The van der Waals surface area contributed by atoms with E-state index >= 15 is 0 Å². The van der Waals surface area contributed by atoms with Gasteiger partial charge in [0.15, 0.2) is 0 Å². The first kappa shape index (κ1) is 13.6. The highest BCUT2D eigenvalue weighted by Crippen LogP contribution is 2.29. The van der Waals surface area contributed by atoms with Gasteiger partial charge in [0.05, 0.1) is 11.9 Å². The summed E-state index contributed by atoms with van der Waals surface area (Å²) in [7, 11) is 0. The van der Waals surface area contributed by atoms with Crippen LogP contribution < -0.4 is 5.32 Å². The monoisotopic (exact) mass is 295 g/mol. The van der Waals surface area contributed by atoms with Gasteiger partial charge in [0.2, 0.25) is 0 Å². The fourth-order valence-electron chi connectivity index (χ4n) is 2.04. The smallest absolute Gasteiger partial charge is 0.288 e. The maximum atomic E-state index is 12.3. The zero-order valence-corrected chi connectivity index (χ0v) is 11.6. The lowest BCUT2D eigenvalue weighted by Crippen LogP contribution is -2.15. The summed E-state index contributed by atoms with van der Waals surface area (Å²) >= 11 is 0.560. The van der Waals surface area contributed by atoms with Gasteiger partial charge in [0.25, 0.3) is 5.76 Å².